The number of rotatable bonds is 9. The van der Waals surface area contributed by atoms with Crippen LogP contribution < -0.4 is 0 Å². The molecule has 0 aromatic carbocycles. The zero-order valence-electron chi connectivity index (χ0n) is 14.8. The van der Waals surface area contributed by atoms with Gasteiger partial charge in [-0.15, -0.1) is 0 Å². The number of aliphatic hydroxyl groups excluding tert-OH is 2. The normalized spacial score (nSPS) is 9.76. The molecule has 1 atom stereocenters. The van der Waals surface area contributed by atoms with Crippen LogP contribution in [-0.2, 0) is 23.9 Å². The van der Waals surface area contributed by atoms with Gasteiger partial charge in [0, 0.05) is 24.3 Å². The molecule has 144 valence electrons. The van der Waals surface area contributed by atoms with Crippen LogP contribution in [0.4, 0.5) is 0 Å². The van der Waals surface area contributed by atoms with E-state index in [1.54, 1.807) is 0 Å². The van der Waals surface area contributed by atoms with Crippen LogP contribution in [0, 0.1) is 0 Å². The van der Waals surface area contributed by atoms with Crippen LogP contribution in [0.15, 0.2) is 37.5 Å². The van der Waals surface area contributed by atoms with Crippen molar-refractivity contribution in [1.29, 1.82) is 0 Å². The first kappa shape index (κ1) is 27.4. The number of esters is 2. The number of hydrogen-bond acceptors (Lipinski definition) is 7. The summed E-state index contributed by atoms with van der Waals surface area (Å²) in [7, 11) is 0. The Kier molecular flexibility index (Phi) is 21.5. The number of carboxylic acid groups (broad SMARTS) is 1. The highest BCUT2D eigenvalue weighted by molar-refractivity contribution is 5.84. The minimum atomic E-state index is -0.935. The van der Waals surface area contributed by atoms with Gasteiger partial charge in [0.2, 0.25) is 0 Å². The maximum Gasteiger partial charge on any atom is 0.330 e. The molecular weight excluding hydrogens is 332 g/mol. The number of aliphatic carboxylic acids is 1. The first-order chi connectivity index (χ1) is 11.6. The molecule has 0 aromatic heterocycles. The first-order valence-corrected chi connectivity index (χ1v) is 7.38. The van der Waals surface area contributed by atoms with Crippen molar-refractivity contribution in [2.75, 3.05) is 19.8 Å². The van der Waals surface area contributed by atoms with Crippen molar-refractivity contribution in [2.45, 2.75) is 32.8 Å². The Morgan fingerprint density at radius 2 is 1.52 bits per heavy atom. The largest absolute Gasteiger partial charge is 0.478 e. The van der Waals surface area contributed by atoms with Gasteiger partial charge in [-0.05, 0) is 26.7 Å². The summed E-state index contributed by atoms with van der Waals surface area (Å²) < 4.78 is 9.07. The van der Waals surface area contributed by atoms with Crippen molar-refractivity contribution in [3.63, 3.8) is 0 Å². The summed E-state index contributed by atoms with van der Waals surface area (Å²) in [5.74, 6) is -1.84. The van der Waals surface area contributed by atoms with Gasteiger partial charge in [-0.1, -0.05) is 19.7 Å². The van der Waals surface area contributed by atoms with Gasteiger partial charge in [0.15, 0.2) is 0 Å². The number of carboxylic acids is 1. The maximum atomic E-state index is 10.4. The second-order valence-corrected chi connectivity index (χ2v) is 4.57. The summed E-state index contributed by atoms with van der Waals surface area (Å²) >= 11 is 0. The van der Waals surface area contributed by atoms with E-state index in [1.165, 1.54) is 13.8 Å². The van der Waals surface area contributed by atoms with E-state index in [0.717, 1.165) is 12.2 Å². The third kappa shape index (κ3) is 30.1. The van der Waals surface area contributed by atoms with Crippen molar-refractivity contribution in [1.82, 2.24) is 0 Å². The summed E-state index contributed by atoms with van der Waals surface area (Å²) in [5.41, 5.74) is 0.176. The summed E-state index contributed by atoms with van der Waals surface area (Å²) in [5, 5.41) is 24.8. The van der Waals surface area contributed by atoms with Gasteiger partial charge in [-0.2, -0.15) is 0 Å². The Balaban J connectivity index is -0.000000300. The van der Waals surface area contributed by atoms with E-state index in [-0.39, 0.29) is 18.8 Å². The fraction of sp³-hybridized carbons (Fsp3) is 0.471. The number of ether oxygens (including phenoxy) is 2. The van der Waals surface area contributed by atoms with Crippen LogP contribution in [0.1, 0.15) is 26.7 Å². The van der Waals surface area contributed by atoms with Gasteiger partial charge in [0.05, 0.1) is 12.7 Å². The van der Waals surface area contributed by atoms with Crippen LogP contribution in [-0.4, -0.2) is 59.2 Å². The smallest absolute Gasteiger partial charge is 0.330 e. The second kappa shape index (κ2) is 19.6. The van der Waals surface area contributed by atoms with Crippen molar-refractivity contribution in [3.05, 3.63) is 37.5 Å². The maximum absolute atomic E-state index is 10.4. The molecule has 8 nitrogen and oxygen atoms in total. The fourth-order valence-corrected chi connectivity index (χ4v) is 0.707. The van der Waals surface area contributed by atoms with Crippen molar-refractivity contribution in [3.8, 4) is 0 Å². The highest BCUT2D eigenvalue weighted by atomic mass is 16.5. The molecule has 0 bridgehead atoms. The number of aliphatic hydroxyl groups is 2. The molecule has 1 unspecified atom stereocenters. The van der Waals surface area contributed by atoms with E-state index in [9.17, 15) is 14.4 Å². The Morgan fingerprint density at radius 3 is 1.84 bits per heavy atom. The van der Waals surface area contributed by atoms with E-state index in [4.69, 9.17) is 15.3 Å². The van der Waals surface area contributed by atoms with Crippen LogP contribution in [0.25, 0.3) is 0 Å². The van der Waals surface area contributed by atoms with Crippen LogP contribution in [0.2, 0.25) is 0 Å². The standard InChI is InChI=1S/C7H12O3.C6H10O3.C4H6O2/c1-2-7(9)10-6-4-3-5-8;1-3-6(8)9-4-5(2)7;1-3(2)4(5)6/h2,8H,1,3-6H2;3,5,7H,1,4H2,2H3;1H2,2H3,(H,5,6). The van der Waals surface area contributed by atoms with Crippen LogP contribution >= 0.6 is 0 Å². The highest BCUT2D eigenvalue weighted by Crippen LogP contribution is 1.89. The van der Waals surface area contributed by atoms with Crippen molar-refractivity contribution >= 4 is 17.9 Å². The minimum absolute atomic E-state index is 0.0326. The molecule has 0 saturated carbocycles. The summed E-state index contributed by atoms with van der Waals surface area (Å²) in [6, 6.07) is 0. The summed E-state index contributed by atoms with van der Waals surface area (Å²) in [4.78, 5) is 30.2. The van der Waals surface area contributed by atoms with Gasteiger partial charge < -0.3 is 24.8 Å². The topological polar surface area (TPSA) is 130 Å². The lowest BCUT2D eigenvalue weighted by Crippen LogP contribution is -2.13. The molecule has 0 aliphatic rings. The Bertz CT molecular complexity index is 414. The Hall–Kier alpha value is -2.45. The Morgan fingerprint density at radius 1 is 1.08 bits per heavy atom. The SMILES string of the molecule is C=C(C)C(=O)O.C=CC(=O)OCC(C)O.C=CC(=O)OCCCCO. The third-order valence-corrected chi connectivity index (χ3v) is 1.96. The number of unbranched alkanes of at least 4 members (excludes halogenated alkanes) is 1. The van der Waals surface area contributed by atoms with E-state index < -0.39 is 24.0 Å². The minimum Gasteiger partial charge on any atom is -0.478 e. The molecule has 0 fully saturated rings. The molecule has 0 heterocycles. The summed E-state index contributed by atoms with van der Waals surface area (Å²) in [6.07, 6.45) is 2.95. The lowest BCUT2D eigenvalue weighted by atomic mass is 10.3. The van der Waals surface area contributed by atoms with Gasteiger partial charge in [0.1, 0.15) is 6.61 Å². The fourth-order valence-electron chi connectivity index (χ4n) is 0.707. The quantitative estimate of drug-likeness (QED) is 0.318. The number of hydrogen-bond donors (Lipinski definition) is 3. The first-order valence-electron chi connectivity index (χ1n) is 7.38. The van der Waals surface area contributed by atoms with Crippen LogP contribution in [0.3, 0.4) is 0 Å². The molecule has 25 heavy (non-hydrogen) atoms. The molecule has 0 aliphatic carbocycles. The molecule has 0 amide bonds. The molecule has 3 N–H and O–H groups in total. The predicted molar refractivity (Wildman–Crippen MR) is 92.8 cm³/mol. The van der Waals surface area contributed by atoms with Gasteiger partial charge in [-0.3, -0.25) is 0 Å². The second-order valence-electron chi connectivity index (χ2n) is 4.57. The summed E-state index contributed by atoms with van der Waals surface area (Å²) in [6.45, 7) is 13.1. The van der Waals surface area contributed by atoms with E-state index in [1.807, 2.05) is 0 Å². The monoisotopic (exact) mass is 360 g/mol. The highest BCUT2D eigenvalue weighted by Gasteiger charge is 1.98. The average molecular weight is 360 g/mol. The van der Waals surface area contributed by atoms with Crippen molar-refractivity contribution < 1.29 is 39.2 Å². The lowest BCUT2D eigenvalue weighted by Gasteiger charge is -2.02. The average Bonchev–Trinajstić information content (AvgIpc) is 2.57. The van der Waals surface area contributed by atoms with E-state index in [0.29, 0.717) is 19.4 Å². The molecule has 0 radical (unpaired) electrons. The van der Waals surface area contributed by atoms with Gasteiger partial charge in [0.25, 0.3) is 0 Å². The zero-order valence-corrected chi connectivity index (χ0v) is 14.8. The predicted octanol–water partition coefficient (Wildman–Crippen LogP) is 1.23. The van der Waals surface area contributed by atoms with E-state index in [2.05, 4.69) is 29.2 Å². The van der Waals surface area contributed by atoms with E-state index >= 15 is 0 Å². The van der Waals surface area contributed by atoms with Gasteiger partial charge in [-0.25, -0.2) is 14.4 Å². The number of carbonyl (C=O) groups is 3. The molecular formula is C17H28O8. The number of carbonyl (C=O) groups excluding carboxylic acids is 2. The lowest BCUT2D eigenvalue weighted by molar-refractivity contribution is -0.140. The molecule has 0 aliphatic heterocycles. The van der Waals surface area contributed by atoms with Crippen LogP contribution in [0.5, 0.6) is 0 Å². The third-order valence-electron chi connectivity index (χ3n) is 1.96. The molecule has 8 heteroatoms. The Labute approximate surface area is 148 Å². The van der Waals surface area contributed by atoms with Gasteiger partial charge >= 0.3 is 17.9 Å². The molecule has 0 aromatic rings. The zero-order chi connectivity index (χ0) is 20.3. The van der Waals surface area contributed by atoms with Crippen molar-refractivity contribution in [2.24, 2.45) is 0 Å². The molecule has 0 rings (SSSR count). The molecule has 0 spiro atoms. The molecule has 0 saturated heterocycles.